The van der Waals surface area contributed by atoms with Gasteiger partial charge in [-0.2, -0.15) is 26.3 Å². The lowest BCUT2D eigenvalue weighted by Gasteiger charge is -2.30. The van der Waals surface area contributed by atoms with Crippen molar-refractivity contribution in [1.82, 2.24) is 15.0 Å². The van der Waals surface area contributed by atoms with Crippen LogP contribution in [0.1, 0.15) is 29.8 Å². The summed E-state index contributed by atoms with van der Waals surface area (Å²) in [7, 11) is 1.14. The monoisotopic (exact) mass is 579 g/mol. The predicted octanol–water partition coefficient (Wildman–Crippen LogP) is 8.00. The molecule has 0 saturated carbocycles. The zero-order chi connectivity index (χ0) is 27.6. The quantitative estimate of drug-likeness (QED) is 0.232. The van der Waals surface area contributed by atoms with E-state index in [0.29, 0.717) is 5.56 Å². The molecule has 3 rings (SSSR count). The highest BCUT2D eigenvalue weighted by molar-refractivity contribution is 6.38. The Morgan fingerprint density at radius 3 is 1.89 bits per heavy atom. The van der Waals surface area contributed by atoms with Crippen molar-refractivity contribution in [2.45, 2.75) is 31.9 Å². The first kappa shape index (κ1) is 29.7. The average Bonchev–Trinajstić information content (AvgIpc) is 3.27. The lowest BCUT2D eigenvalue weighted by atomic mass is 9.94. The van der Waals surface area contributed by atoms with Gasteiger partial charge >= 0.3 is 24.0 Å². The average molecular weight is 581 g/mol. The molecule has 5 nitrogen and oxygen atoms in total. The molecule has 15 heteroatoms. The molecule has 0 amide bonds. The first-order chi connectivity index (χ1) is 16.6. The topological polar surface area (TPSA) is 57.0 Å². The van der Waals surface area contributed by atoms with Crippen molar-refractivity contribution in [3.8, 4) is 16.9 Å². The molecule has 0 fully saturated rings. The number of ether oxygens (including phenoxy) is 1. The number of benzene rings is 2. The van der Waals surface area contributed by atoms with E-state index in [1.54, 1.807) is 0 Å². The van der Waals surface area contributed by atoms with Gasteiger partial charge < -0.3 is 4.74 Å². The van der Waals surface area contributed by atoms with Gasteiger partial charge in [-0.1, -0.05) is 59.9 Å². The summed E-state index contributed by atoms with van der Waals surface area (Å²) in [5, 5.41) is 6.07. The Balaban J connectivity index is 0.00000222. The van der Waals surface area contributed by atoms with Crippen molar-refractivity contribution in [2.24, 2.45) is 0 Å². The fourth-order valence-electron chi connectivity index (χ4n) is 2.93. The van der Waals surface area contributed by atoms with E-state index in [1.165, 1.54) is 24.4 Å². The Morgan fingerprint density at radius 2 is 1.42 bits per heavy atom. The van der Waals surface area contributed by atoms with Crippen LogP contribution in [0, 0.1) is 0 Å². The van der Waals surface area contributed by atoms with Gasteiger partial charge in [0.2, 0.25) is 0 Å². The fourth-order valence-corrected chi connectivity index (χ4v) is 3.78. The van der Waals surface area contributed by atoms with Gasteiger partial charge in [-0.3, -0.25) is 0 Å². The van der Waals surface area contributed by atoms with Crippen LogP contribution in [0.5, 0.6) is 0 Å². The van der Waals surface area contributed by atoms with Crippen molar-refractivity contribution in [2.75, 3.05) is 7.11 Å². The molecule has 0 saturated heterocycles. The minimum absolute atomic E-state index is 0.00442. The van der Waals surface area contributed by atoms with Gasteiger partial charge in [0.25, 0.3) is 0 Å². The highest BCUT2D eigenvalue weighted by atomic mass is 35.5. The molecule has 36 heavy (non-hydrogen) atoms. The van der Waals surface area contributed by atoms with E-state index in [9.17, 15) is 35.5 Å². The van der Waals surface area contributed by atoms with E-state index in [2.05, 4.69) is 15.0 Å². The summed E-state index contributed by atoms with van der Waals surface area (Å²) in [5.74, 6) is -0.745. The fraction of sp³-hybridized carbons (Fsp3) is 0.286. The summed E-state index contributed by atoms with van der Waals surface area (Å²) in [6, 6.07) is 4.45. The normalized spacial score (nSPS) is 12.1. The maximum Gasteiger partial charge on any atom is 0.435 e. The first-order valence-corrected chi connectivity index (χ1v) is 10.9. The first-order valence-electron chi connectivity index (χ1n) is 9.74. The van der Waals surface area contributed by atoms with Crippen LogP contribution in [0.3, 0.4) is 0 Å². The molecule has 0 atom stereocenters. The van der Waals surface area contributed by atoms with Gasteiger partial charge in [-0.05, 0) is 24.3 Å². The summed E-state index contributed by atoms with van der Waals surface area (Å²) in [4.78, 5) is 11.8. The molecular weight excluding hydrogens is 566 g/mol. The second-order valence-corrected chi connectivity index (χ2v) is 7.90. The van der Waals surface area contributed by atoms with E-state index in [-0.39, 0.29) is 34.1 Å². The van der Waals surface area contributed by atoms with Gasteiger partial charge in [-0.25, -0.2) is 13.9 Å². The maximum absolute atomic E-state index is 14.4. The van der Waals surface area contributed by atoms with E-state index >= 15 is 0 Å². The number of rotatable bonds is 4. The molecule has 0 spiro atoms. The molecule has 1 aromatic heterocycles. The Morgan fingerprint density at radius 1 is 0.889 bits per heavy atom. The number of alkyl halides is 7. The molecule has 0 aliphatic rings. The standard InChI is InChI=1S/C19H9Cl3F7N3O2.C2H6/c1-34-16(33)10-4-8(2-3-11(10)20)14-7-32(31-30-14)15-12(21)5-9(6-13(15)22)17(23,18(24,25)26)19(27,28)29;1-2/h2-7H,1H3;1-2H3. The second-order valence-electron chi connectivity index (χ2n) is 6.68. The molecule has 2 aromatic carbocycles. The number of carbonyl (C=O) groups is 1. The number of carbonyl (C=O) groups excluding carboxylic acids is 1. The van der Waals surface area contributed by atoms with Gasteiger partial charge in [-0.15, -0.1) is 5.10 Å². The molecule has 0 radical (unpaired) electrons. The number of halogens is 10. The number of hydrogen-bond acceptors (Lipinski definition) is 4. The molecular formula is C21H15Cl3F7N3O2. The van der Waals surface area contributed by atoms with Crippen molar-refractivity contribution < 1.29 is 40.3 Å². The van der Waals surface area contributed by atoms with Crippen molar-refractivity contribution >= 4 is 40.8 Å². The van der Waals surface area contributed by atoms with Crippen LogP contribution in [0.15, 0.2) is 36.5 Å². The summed E-state index contributed by atoms with van der Waals surface area (Å²) < 4.78 is 98.2. The highest BCUT2D eigenvalue weighted by Crippen LogP contribution is 2.54. The number of esters is 1. The number of nitrogens with zero attached hydrogens (tertiary/aromatic N) is 3. The lowest BCUT2D eigenvalue weighted by Crippen LogP contribution is -2.50. The molecule has 3 aromatic rings. The highest BCUT2D eigenvalue weighted by Gasteiger charge is 2.73. The second kappa shape index (κ2) is 10.8. The summed E-state index contributed by atoms with van der Waals surface area (Å²) >= 11 is 17.7. The van der Waals surface area contributed by atoms with Crippen molar-refractivity contribution in [1.29, 1.82) is 0 Å². The third-order valence-electron chi connectivity index (χ3n) is 4.59. The number of hydrogen-bond donors (Lipinski definition) is 0. The van der Waals surface area contributed by atoms with Crippen LogP contribution in [-0.2, 0) is 10.4 Å². The summed E-state index contributed by atoms with van der Waals surface area (Å²) in [5.41, 5.74) is -7.53. The molecule has 0 N–H and O–H groups in total. The zero-order valence-electron chi connectivity index (χ0n) is 18.4. The summed E-state index contributed by atoms with van der Waals surface area (Å²) in [6.07, 6.45) is -11.5. The van der Waals surface area contributed by atoms with Crippen LogP contribution in [0.2, 0.25) is 15.1 Å². The largest absolute Gasteiger partial charge is 0.465 e. The molecule has 0 bridgehead atoms. The lowest BCUT2D eigenvalue weighted by molar-refractivity contribution is -0.348. The molecule has 0 unspecified atom stereocenters. The van der Waals surface area contributed by atoms with Crippen LogP contribution in [0.4, 0.5) is 30.7 Å². The van der Waals surface area contributed by atoms with Crippen molar-refractivity contribution in [3.63, 3.8) is 0 Å². The van der Waals surface area contributed by atoms with Gasteiger partial charge in [0.05, 0.1) is 33.9 Å². The van der Waals surface area contributed by atoms with Crippen molar-refractivity contribution in [3.05, 3.63) is 62.7 Å². The van der Waals surface area contributed by atoms with E-state index < -0.39 is 39.6 Å². The summed E-state index contributed by atoms with van der Waals surface area (Å²) in [6.45, 7) is 4.00. The van der Waals surface area contributed by atoms with Crippen LogP contribution >= 0.6 is 34.8 Å². The maximum atomic E-state index is 14.4. The Bertz CT molecular complexity index is 1220. The van der Waals surface area contributed by atoms with Gasteiger partial charge in [0.15, 0.2) is 0 Å². The number of methoxy groups -OCH3 is 1. The SMILES string of the molecule is CC.COC(=O)c1cc(-c2cn(-c3c(Cl)cc(C(F)(C(F)(F)F)C(F)(F)F)cc3Cl)nn2)ccc1Cl. The Kier molecular flexibility index (Phi) is 8.91. The van der Waals surface area contributed by atoms with Gasteiger partial charge in [0, 0.05) is 11.1 Å². The third kappa shape index (κ3) is 5.40. The third-order valence-corrected chi connectivity index (χ3v) is 5.49. The Hall–Kier alpha value is -2.57. The van der Waals surface area contributed by atoms with Crippen LogP contribution in [-0.4, -0.2) is 40.4 Å². The predicted molar refractivity (Wildman–Crippen MR) is 119 cm³/mol. The zero-order valence-corrected chi connectivity index (χ0v) is 20.7. The minimum Gasteiger partial charge on any atom is -0.465 e. The molecule has 0 aliphatic heterocycles. The van der Waals surface area contributed by atoms with Crippen LogP contribution in [0.25, 0.3) is 16.9 Å². The smallest absolute Gasteiger partial charge is 0.435 e. The molecule has 1 heterocycles. The van der Waals surface area contributed by atoms with Gasteiger partial charge in [0.1, 0.15) is 11.4 Å². The van der Waals surface area contributed by atoms with E-state index in [1.807, 2.05) is 13.8 Å². The minimum atomic E-state index is -6.34. The molecule has 196 valence electrons. The van der Waals surface area contributed by atoms with E-state index in [0.717, 1.165) is 11.8 Å². The number of aromatic nitrogens is 3. The van der Waals surface area contributed by atoms with Crippen LogP contribution < -0.4 is 0 Å². The van der Waals surface area contributed by atoms with E-state index in [4.69, 9.17) is 34.8 Å². The molecule has 0 aliphatic carbocycles. The Labute approximate surface area is 214 Å².